The van der Waals surface area contributed by atoms with E-state index in [2.05, 4.69) is 36.6 Å². The minimum Gasteiger partial charge on any atom is -0.496 e. The Labute approximate surface area is 192 Å². The van der Waals surface area contributed by atoms with Crippen molar-refractivity contribution in [2.75, 3.05) is 33.9 Å². The van der Waals surface area contributed by atoms with E-state index in [1.807, 2.05) is 0 Å². The summed E-state index contributed by atoms with van der Waals surface area (Å²) in [6.45, 7) is 7.32. The highest BCUT2D eigenvalue weighted by Crippen LogP contribution is 2.43. The molecule has 2 aliphatic rings. The Morgan fingerprint density at radius 2 is 2.07 bits per heavy atom. The number of nitrogens with zero attached hydrogens (tertiary/aromatic N) is 1. The van der Waals surface area contributed by atoms with Gasteiger partial charge in [-0.1, -0.05) is 6.42 Å². The molecule has 7 heteroatoms. The molecule has 3 rings (SSSR count). The van der Waals surface area contributed by atoms with Crippen LogP contribution in [0.5, 0.6) is 11.5 Å². The Balaban J connectivity index is 0.00000300. The molecule has 0 saturated heterocycles. The maximum Gasteiger partial charge on any atom is 0.191 e. The number of benzene rings is 1. The number of rotatable bonds is 9. The summed E-state index contributed by atoms with van der Waals surface area (Å²) in [5.41, 5.74) is 2.61. The van der Waals surface area contributed by atoms with Crippen molar-refractivity contribution in [1.29, 1.82) is 0 Å². The largest absolute Gasteiger partial charge is 0.496 e. The zero-order valence-corrected chi connectivity index (χ0v) is 20.5. The minimum atomic E-state index is 0. The van der Waals surface area contributed by atoms with Gasteiger partial charge in [-0.2, -0.15) is 0 Å². The Hall–Kier alpha value is -1.22. The topological polar surface area (TPSA) is 64.1 Å². The predicted molar refractivity (Wildman–Crippen MR) is 128 cm³/mol. The van der Waals surface area contributed by atoms with Crippen molar-refractivity contribution in [3.8, 4) is 11.5 Å². The first-order valence-electron chi connectivity index (χ1n) is 10.5. The number of fused-ring (bicyclic) bond motifs is 1. The van der Waals surface area contributed by atoms with E-state index in [0.29, 0.717) is 12.0 Å². The zero-order chi connectivity index (χ0) is 20.0. The van der Waals surface area contributed by atoms with Crippen molar-refractivity contribution in [3.63, 3.8) is 0 Å². The van der Waals surface area contributed by atoms with Crippen LogP contribution in [0.15, 0.2) is 17.1 Å². The average molecular weight is 517 g/mol. The second-order valence-corrected chi connectivity index (χ2v) is 8.05. The molecule has 0 spiro atoms. The fourth-order valence-electron chi connectivity index (χ4n) is 4.08. The molecule has 0 amide bonds. The number of hydrogen-bond acceptors (Lipinski definition) is 4. The van der Waals surface area contributed by atoms with Gasteiger partial charge in [0.1, 0.15) is 17.6 Å². The summed E-state index contributed by atoms with van der Waals surface area (Å²) in [6.07, 6.45) is 6.09. The van der Waals surface area contributed by atoms with Gasteiger partial charge < -0.3 is 24.8 Å². The standard InChI is InChI=1S/C22H35N3O3.HI/c1-5-23-21(25-15-22(7-6-8-22)9-10-26-3)24-14-18-13-20-17(11-16(2)28-20)12-19(18)27-4;/h12-13,16H,5-11,14-15H2,1-4H3,(H2,23,24,25);1H. The predicted octanol–water partition coefficient (Wildman–Crippen LogP) is 3.90. The monoisotopic (exact) mass is 517 g/mol. The average Bonchev–Trinajstić information content (AvgIpc) is 3.02. The maximum atomic E-state index is 5.91. The number of aliphatic imine (C=N–C) groups is 1. The maximum absolute atomic E-state index is 5.91. The van der Waals surface area contributed by atoms with Crippen LogP contribution in [0.4, 0.5) is 0 Å². The van der Waals surface area contributed by atoms with Gasteiger partial charge in [0.25, 0.3) is 0 Å². The molecule has 1 unspecified atom stereocenters. The third-order valence-corrected chi connectivity index (χ3v) is 5.93. The van der Waals surface area contributed by atoms with E-state index in [1.54, 1.807) is 14.2 Å². The third kappa shape index (κ3) is 6.13. The summed E-state index contributed by atoms with van der Waals surface area (Å²) in [5.74, 6) is 2.69. The fraction of sp³-hybridized carbons (Fsp3) is 0.682. The van der Waals surface area contributed by atoms with Crippen LogP contribution in [0.1, 0.15) is 50.7 Å². The second-order valence-electron chi connectivity index (χ2n) is 8.05. The molecule has 1 aliphatic heterocycles. The highest BCUT2D eigenvalue weighted by molar-refractivity contribution is 14.0. The first-order chi connectivity index (χ1) is 13.6. The van der Waals surface area contributed by atoms with Crippen LogP contribution in [0.25, 0.3) is 0 Å². The van der Waals surface area contributed by atoms with E-state index in [0.717, 1.165) is 55.6 Å². The summed E-state index contributed by atoms with van der Waals surface area (Å²) in [4.78, 5) is 4.81. The molecule has 164 valence electrons. The van der Waals surface area contributed by atoms with E-state index in [9.17, 15) is 0 Å². The Kier molecular flexibility index (Phi) is 9.33. The summed E-state index contributed by atoms with van der Waals surface area (Å²) >= 11 is 0. The van der Waals surface area contributed by atoms with E-state index < -0.39 is 0 Å². The Bertz CT molecular complexity index is 692. The molecule has 1 aliphatic carbocycles. The lowest BCUT2D eigenvalue weighted by Crippen LogP contribution is -2.46. The van der Waals surface area contributed by atoms with Crippen molar-refractivity contribution in [2.24, 2.45) is 10.4 Å². The highest BCUT2D eigenvalue weighted by atomic mass is 127. The fourth-order valence-corrected chi connectivity index (χ4v) is 4.08. The molecule has 0 bridgehead atoms. The summed E-state index contributed by atoms with van der Waals surface area (Å²) in [7, 11) is 3.49. The van der Waals surface area contributed by atoms with Gasteiger partial charge in [0.15, 0.2) is 5.96 Å². The van der Waals surface area contributed by atoms with Crippen LogP contribution < -0.4 is 20.1 Å². The number of halogens is 1. The van der Waals surface area contributed by atoms with Gasteiger partial charge in [0, 0.05) is 44.4 Å². The van der Waals surface area contributed by atoms with E-state index >= 15 is 0 Å². The summed E-state index contributed by atoms with van der Waals surface area (Å²) < 4.78 is 16.8. The van der Waals surface area contributed by atoms with Gasteiger partial charge in [-0.3, -0.25) is 0 Å². The van der Waals surface area contributed by atoms with Gasteiger partial charge >= 0.3 is 0 Å². The van der Waals surface area contributed by atoms with Crippen LogP contribution in [0.3, 0.4) is 0 Å². The first-order valence-corrected chi connectivity index (χ1v) is 10.5. The Morgan fingerprint density at radius 1 is 1.28 bits per heavy atom. The number of nitrogens with one attached hydrogen (secondary N) is 2. The molecule has 1 aromatic carbocycles. The quantitative estimate of drug-likeness (QED) is 0.296. The molecular formula is C22H36IN3O3. The van der Waals surface area contributed by atoms with Crippen molar-refractivity contribution in [1.82, 2.24) is 10.6 Å². The van der Waals surface area contributed by atoms with Crippen molar-refractivity contribution in [3.05, 3.63) is 23.3 Å². The van der Waals surface area contributed by atoms with Crippen LogP contribution in [0, 0.1) is 5.41 Å². The van der Waals surface area contributed by atoms with Crippen LogP contribution in [0.2, 0.25) is 0 Å². The van der Waals surface area contributed by atoms with Gasteiger partial charge in [0.2, 0.25) is 0 Å². The minimum absolute atomic E-state index is 0. The molecule has 1 aromatic rings. The molecule has 1 fully saturated rings. The molecule has 0 radical (unpaired) electrons. The van der Waals surface area contributed by atoms with E-state index in [1.165, 1.54) is 24.8 Å². The van der Waals surface area contributed by atoms with Gasteiger partial charge in [-0.05, 0) is 50.7 Å². The van der Waals surface area contributed by atoms with E-state index in [-0.39, 0.29) is 30.1 Å². The molecule has 1 heterocycles. The smallest absolute Gasteiger partial charge is 0.191 e. The van der Waals surface area contributed by atoms with Gasteiger partial charge in [-0.15, -0.1) is 24.0 Å². The van der Waals surface area contributed by atoms with Crippen molar-refractivity contribution < 1.29 is 14.2 Å². The number of guanidine groups is 1. The van der Waals surface area contributed by atoms with Crippen LogP contribution >= 0.6 is 24.0 Å². The highest BCUT2D eigenvalue weighted by Gasteiger charge is 2.36. The lowest BCUT2D eigenvalue weighted by atomic mass is 9.67. The third-order valence-electron chi connectivity index (χ3n) is 5.93. The number of hydrogen-bond donors (Lipinski definition) is 2. The molecule has 1 atom stereocenters. The number of methoxy groups -OCH3 is 2. The zero-order valence-electron chi connectivity index (χ0n) is 18.2. The summed E-state index contributed by atoms with van der Waals surface area (Å²) in [5, 5.41) is 6.91. The van der Waals surface area contributed by atoms with Crippen LogP contribution in [-0.4, -0.2) is 46.0 Å². The second kappa shape index (κ2) is 11.2. The van der Waals surface area contributed by atoms with Gasteiger partial charge in [-0.25, -0.2) is 4.99 Å². The first kappa shape index (κ1) is 24.1. The molecule has 2 N–H and O–H groups in total. The SMILES string of the molecule is CCNC(=NCc1cc2c(cc1OC)CC(C)O2)NCC1(CCOC)CCC1.I. The van der Waals surface area contributed by atoms with Crippen molar-refractivity contribution >= 4 is 29.9 Å². The summed E-state index contributed by atoms with van der Waals surface area (Å²) in [6, 6.07) is 4.18. The van der Waals surface area contributed by atoms with Crippen LogP contribution in [-0.2, 0) is 17.7 Å². The Morgan fingerprint density at radius 3 is 2.69 bits per heavy atom. The molecule has 1 saturated carbocycles. The molecule has 6 nitrogen and oxygen atoms in total. The molecule has 29 heavy (non-hydrogen) atoms. The number of ether oxygens (including phenoxy) is 3. The lowest BCUT2D eigenvalue weighted by molar-refractivity contribution is 0.0732. The normalized spacial score (nSPS) is 19.4. The molecular weight excluding hydrogens is 481 g/mol. The molecule has 0 aromatic heterocycles. The van der Waals surface area contributed by atoms with Crippen molar-refractivity contribution in [2.45, 2.75) is 58.6 Å². The van der Waals surface area contributed by atoms with E-state index in [4.69, 9.17) is 19.2 Å². The lowest BCUT2D eigenvalue weighted by Gasteiger charge is -2.42. The van der Waals surface area contributed by atoms with Gasteiger partial charge in [0.05, 0.1) is 13.7 Å².